The van der Waals surface area contributed by atoms with Crippen molar-refractivity contribution in [3.8, 4) is 0 Å². The lowest BCUT2D eigenvalue weighted by Gasteiger charge is -2.17. The third kappa shape index (κ3) is 3.64. The number of amides is 1. The van der Waals surface area contributed by atoms with Gasteiger partial charge in [0.1, 0.15) is 11.3 Å². The Kier molecular flexibility index (Phi) is 5.39. The Morgan fingerprint density at radius 1 is 1.18 bits per heavy atom. The van der Waals surface area contributed by atoms with Crippen molar-refractivity contribution < 1.29 is 9.53 Å². The number of aryl methyl sites for hydroxylation is 1. The smallest absolute Gasteiger partial charge is 0.223 e. The molecule has 1 aliphatic rings. The van der Waals surface area contributed by atoms with Crippen molar-refractivity contribution in [2.75, 3.05) is 13.7 Å². The highest BCUT2D eigenvalue weighted by atomic mass is 16.5. The molecule has 1 atom stereocenters. The molecule has 3 aromatic rings. The van der Waals surface area contributed by atoms with Crippen molar-refractivity contribution in [3.05, 3.63) is 59.5 Å². The Bertz CT molecular complexity index is 957. The van der Waals surface area contributed by atoms with Crippen LogP contribution >= 0.6 is 0 Å². The van der Waals surface area contributed by atoms with Crippen LogP contribution in [0.5, 0.6) is 0 Å². The average Bonchev–Trinajstić information content (AvgIpc) is 3.29. The molecule has 0 spiro atoms. The molecular formula is C22H26N4O2. The molecule has 6 heteroatoms. The number of aromatic nitrogens is 3. The first kappa shape index (κ1) is 18.6. The van der Waals surface area contributed by atoms with E-state index in [4.69, 9.17) is 9.72 Å². The number of imidazole rings is 1. The molecule has 4 rings (SSSR count). The first-order valence-electron chi connectivity index (χ1n) is 9.82. The predicted molar refractivity (Wildman–Crippen MR) is 108 cm³/mol. The maximum absolute atomic E-state index is 12.7. The van der Waals surface area contributed by atoms with E-state index < -0.39 is 0 Å². The second-order valence-corrected chi connectivity index (χ2v) is 7.42. The number of carbonyl (C=O) groups excluding carboxylic acids is 1. The molecule has 0 bridgehead atoms. The molecule has 0 radical (unpaired) electrons. The predicted octanol–water partition coefficient (Wildman–Crippen LogP) is 3.50. The van der Waals surface area contributed by atoms with Crippen LogP contribution in [0, 0.1) is 0 Å². The average molecular weight is 378 g/mol. The molecule has 0 saturated heterocycles. The van der Waals surface area contributed by atoms with Gasteiger partial charge in [0, 0.05) is 39.2 Å². The minimum absolute atomic E-state index is 0.142. The van der Waals surface area contributed by atoms with Crippen molar-refractivity contribution in [2.45, 2.75) is 45.3 Å². The van der Waals surface area contributed by atoms with Crippen molar-refractivity contribution in [3.63, 3.8) is 0 Å². The van der Waals surface area contributed by atoms with Gasteiger partial charge >= 0.3 is 0 Å². The highest BCUT2D eigenvalue weighted by Crippen LogP contribution is 2.24. The summed E-state index contributed by atoms with van der Waals surface area (Å²) in [7, 11) is 1.70. The van der Waals surface area contributed by atoms with E-state index in [0.29, 0.717) is 13.0 Å². The summed E-state index contributed by atoms with van der Waals surface area (Å²) in [6.45, 7) is 4.15. The van der Waals surface area contributed by atoms with Crippen molar-refractivity contribution in [1.29, 1.82) is 0 Å². The Labute approximate surface area is 165 Å². The first-order valence-corrected chi connectivity index (χ1v) is 9.82. The summed E-state index contributed by atoms with van der Waals surface area (Å²) in [6.07, 6.45) is 3.84. The van der Waals surface area contributed by atoms with Gasteiger partial charge in [-0.3, -0.25) is 4.79 Å². The first-order chi connectivity index (χ1) is 13.7. The zero-order valence-corrected chi connectivity index (χ0v) is 16.5. The zero-order chi connectivity index (χ0) is 19.5. The molecular weight excluding hydrogens is 352 g/mol. The van der Waals surface area contributed by atoms with Crippen LogP contribution in [0.3, 0.4) is 0 Å². The van der Waals surface area contributed by atoms with Crippen LogP contribution in [0.1, 0.15) is 42.8 Å². The number of rotatable bonds is 7. The van der Waals surface area contributed by atoms with Gasteiger partial charge in [-0.25, -0.2) is 9.97 Å². The second kappa shape index (κ2) is 8.10. The molecule has 0 unspecified atom stereocenters. The third-order valence-corrected chi connectivity index (χ3v) is 5.36. The van der Waals surface area contributed by atoms with Crippen molar-refractivity contribution in [2.24, 2.45) is 0 Å². The molecule has 1 aromatic carbocycles. The Hall–Kier alpha value is -2.73. The van der Waals surface area contributed by atoms with E-state index in [-0.39, 0.29) is 11.9 Å². The second-order valence-electron chi connectivity index (χ2n) is 7.42. The minimum atomic E-state index is 0.142. The van der Waals surface area contributed by atoms with Gasteiger partial charge in [0.2, 0.25) is 5.91 Å². The van der Waals surface area contributed by atoms with E-state index in [0.717, 1.165) is 42.9 Å². The molecule has 0 N–H and O–H groups in total. The van der Waals surface area contributed by atoms with Gasteiger partial charge in [-0.2, -0.15) is 0 Å². The van der Waals surface area contributed by atoms with Crippen LogP contribution in [-0.2, 0) is 29.0 Å². The third-order valence-electron chi connectivity index (χ3n) is 5.36. The van der Waals surface area contributed by atoms with Crippen LogP contribution in [0.2, 0.25) is 0 Å². The van der Waals surface area contributed by atoms with Crippen LogP contribution in [-0.4, -0.2) is 39.1 Å². The maximum atomic E-state index is 12.7. The Morgan fingerprint density at radius 2 is 1.93 bits per heavy atom. The fourth-order valence-electron chi connectivity index (χ4n) is 4.00. The molecule has 6 nitrogen and oxygen atoms in total. The summed E-state index contributed by atoms with van der Waals surface area (Å²) >= 11 is 0. The number of carbonyl (C=O) groups is 1. The number of fused-ring (bicyclic) bond motifs is 2. The summed E-state index contributed by atoms with van der Waals surface area (Å²) in [4.78, 5) is 23.9. The normalized spacial score (nSPS) is 14.4. The van der Waals surface area contributed by atoms with Crippen LogP contribution in [0.15, 0.2) is 42.6 Å². The topological polar surface area (TPSA) is 60.2 Å². The van der Waals surface area contributed by atoms with Gasteiger partial charge in [-0.1, -0.05) is 24.3 Å². The van der Waals surface area contributed by atoms with E-state index in [1.54, 1.807) is 13.3 Å². The standard InChI is InChI=1S/C22H26N4O2/c1-16(15-28-2)26-20(24-19-9-6-12-23-22(19)26)10-5-11-21(27)25-13-17-7-3-4-8-18(17)14-25/h3-4,6-9,12,16H,5,10-11,13-15H2,1-2H3/t16-/m0/s1. The summed E-state index contributed by atoms with van der Waals surface area (Å²) < 4.78 is 7.48. The number of ether oxygens (including phenoxy) is 1. The fraction of sp³-hybridized carbons (Fsp3) is 0.409. The highest BCUT2D eigenvalue weighted by molar-refractivity contribution is 5.77. The van der Waals surface area contributed by atoms with Gasteiger partial charge in [0.05, 0.1) is 12.6 Å². The Morgan fingerprint density at radius 3 is 2.64 bits per heavy atom. The SMILES string of the molecule is COC[C@H](C)n1c(CCCC(=O)N2Cc3ccccc3C2)nc2cccnc21. The molecule has 3 heterocycles. The molecule has 1 amide bonds. The molecule has 146 valence electrons. The van der Waals surface area contributed by atoms with E-state index >= 15 is 0 Å². The molecule has 2 aromatic heterocycles. The van der Waals surface area contributed by atoms with E-state index in [1.165, 1.54) is 11.1 Å². The summed E-state index contributed by atoms with van der Waals surface area (Å²) in [5.74, 6) is 1.18. The van der Waals surface area contributed by atoms with Crippen LogP contribution in [0.4, 0.5) is 0 Å². The quantitative estimate of drug-likeness (QED) is 0.631. The maximum Gasteiger partial charge on any atom is 0.223 e. The number of methoxy groups -OCH3 is 1. The number of hydrogen-bond donors (Lipinski definition) is 0. The van der Waals surface area contributed by atoms with Gasteiger partial charge in [-0.05, 0) is 36.6 Å². The van der Waals surface area contributed by atoms with Gasteiger partial charge in [0.15, 0.2) is 5.65 Å². The zero-order valence-electron chi connectivity index (χ0n) is 16.5. The number of benzene rings is 1. The summed E-state index contributed by atoms with van der Waals surface area (Å²) in [5, 5.41) is 0. The largest absolute Gasteiger partial charge is 0.383 e. The lowest BCUT2D eigenvalue weighted by molar-refractivity contribution is -0.131. The van der Waals surface area contributed by atoms with Gasteiger partial charge in [-0.15, -0.1) is 0 Å². The van der Waals surface area contributed by atoms with Gasteiger partial charge < -0.3 is 14.2 Å². The lowest BCUT2D eigenvalue weighted by Crippen LogP contribution is -2.25. The molecule has 0 fully saturated rings. The number of pyridine rings is 1. The van der Waals surface area contributed by atoms with E-state index in [1.807, 2.05) is 29.2 Å². The van der Waals surface area contributed by atoms with Crippen LogP contribution < -0.4 is 0 Å². The van der Waals surface area contributed by atoms with Crippen LogP contribution in [0.25, 0.3) is 11.2 Å². The summed E-state index contributed by atoms with van der Waals surface area (Å²) in [5.41, 5.74) is 4.29. The summed E-state index contributed by atoms with van der Waals surface area (Å²) in [6, 6.07) is 12.3. The van der Waals surface area contributed by atoms with E-state index in [2.05, 4.69) is 28.6 Å². The Balaban J connectivity index is 1.42. The molecule has 0 saturated carbocycles. The monoisotopic (exact) mass is 378 g/mol. The fourth-order valence-corrected chi connectivity index (χ4v) is 4.00. The molecule has 0 aliphatic carbocycles. The lowest BCUT2D eigenvalue weighted by atomic mass is 10.1. The highest BCUT2D eigenvalue weighted by Gasteiger charge is 2.23. The van der Waals surface area contributed by atoms with E-state index in [9.17, 15) is 4.79 Å². The number of hydrogen-bond acceptors (Lipinski definition) is 4. The van der Waals surface area contributed by atoms with Crippen molar-refractivity contribution in [1.82, 2.24) is 19.4 Å². The molecule has 28 heavy (non-hydrogen) atoms. The minimum Gasteiger partial charge on any atom is -0.383 e. The van der Waals surface area contributed by atoms with Crippen molar-refractivity contribution >= 4 is 17.1 Å². The molecule has 1 aliphatic heterocycles. The number of nitrogens with zero attached hydrogens (tertiary/aromatic N) is 4. The van der Waals surface area contributed by atoms with Gasteiger partial charge in [0.25, 0.3) is 0 Å².